The van der Waals surface area contributed by atoms with Gasteiger partial charge in [0.25, 0.3) is 0 Å². The third kappa shape index (κ3) is 2.55. The van der Waals surface area contributed by atoms with E-state index in [9.17, 15) is 0 Å². The number of piperidine rings is 1. The number of aromatic nitrogens is 3. The van der Waals surface area contributed by atoms with Crippen molar-refractivity contribution in [2.24, 2.45) is 0 Å². The third-order valence-corrected chi connectivity index (χ3v) is 4.59. The topological polar surface area (TPSA) is 63.6 Å². The van der Waals surface area contributed by atoms with E-state index in [1.165, 1.54) is 12.8 Å². The molecule has 0 aliphatic carbocycles. The van der Waals surface area contributed by atoms with Crippen LogP contribution >= 0.6 is 0 Å². The summed E-state index contributed by atoms with van der Waals surface area (Å²) < 4.78 is 11.5. The highest BCUT2D eigenvalue weighted by atomic mass is 16.7. The Balaban J connectivity index is 1.45. The van der Waals surface area contributed by atoms with Gasteiger partial charge in [-0.15, -0.1) is 5.10 Å². The fourth-order valence-electron chi connectivity index (χ4n) is 3.35. The lowest BCUT2D eigenvalue weighted by Crippen LogP contribution is -2.45. The summed E-state index contributed by atoms with van der Waals surface area (Å²) in [5.41, 5.74) is 0. The van der Waals surface area contributed by atoms with Crippen molar-refractivity contribution in [1.82, 2.24) is 15.2 Å². The predicted octanol–water partition coefficient (Wildman–Crippen LogP) is 0.815. The quantitative estimate of drug-likeness (QED) is 0.799. The molecule has 0 bridgehead atoms. The average molecular weight is 291 g/mol. The molecule has 7 heteroatoms. The van der Waals surface area contributed by atoms with Crippen molar-refractivity contribution in [1.29, 1.82) is 0 Å². The lowest BCUT2D eigenvalue weighted by Gasteiger charge is -2.38. The van der Waals surface area contributed by atoms with E-state index in [-0.39, 0.29) is 5.79 Å². The highest BCUT2D eigenvalue weighted by Crippen LogP contribution is 2.32. The van der Waals surface area contributed by atoms with Crippen LogP contribution in [0.4, 0.5) is 11.8 Å². The van der Waals surface area contributed by atoms with Gasteiger partial charge in [-0.05, 0) is 12.8 Å². The summed E-state index contributed by atoms with van der Waals surface area (Å²) in [7, 11) is 0. The van der Waals surface area contributed by atoms with E-state index in [4.69, 9.17) is 14.5 Å². The number of rotatable bonds is 2. The average Bonchev–Trinajstić information content (AvgIpc) is 3.20. The summed E-state index contributed by atoms with van der Waals surface area (Å²) in [5.74, 6) is 1.34. The molecule has 21 heavy (non-hydrogen) atoms. The van der Waals surface area contributed by atoms with Crippen LogP contribution in [0, 0.1) is 0 Å². The van der Waals surface area contributed by atoms with E-state index >= 15 is 0 Å². The minimum absolute atomic E-state index is 0.339. The summed E-state index contributed by atoms with van der Waals surface area (Å²) in [4.78, 5) is 9.16. The zero-order valence-corrected chi connectivity index (χ0v) is 12.2. The summed E-state index contributed by atoms with van der Waals surface area (Å²) in [5, 5.41) is 8.31. The molecular formula is C14H21N5O2. The molecule has 4 heterocycles. The molecule has 1 aromatic rings. The van der Waals surface area contributed by atoms with Crippen LogP contribution in [-0.4, -0.2) is 60.4 Å². The van der Waals surface area contributed by atoms with Crippen LogP contribution < -0.4 is 9.80 Å². The summed E-state index contributed by atoms with van der Waals surface area (Å²) in [6, 6.07) is 0. The molecule has 3 aliphatic heterocycles. The number of ether oxygens (including phenoxy) is 2. The third-order valence-electron chi connectivity index (χ3n) is 4.59. The van der Waals surface area contributed by atoms with Gasteiger partial charge in [0, 0.05) is 39.0 Å². The van der Waals surface area contributed by atoms with Crippen molar-refractivity contribution in [3.63, 3.8) is 0 Å². The molecule has 4 rings (SSSR count). The Morgan fingerprint density at radius 2 is 1.67 bits per heavy atom. The Morgan fingerprint density at radius 3 is 2.38 bits per heavy atom. The number of hydrogen-bond acceptors (Lipinski definition) is 7. The molecule has 0 aromatic carbocycles. The lowest BCUT2D eigenvalue weighted by molar-refractivity contribution is -0.169. The maximum absolute atomic E-state index is 5.77. The molecular weight excluding hydrogens is 270 g/mol. The van der Waals surface area contributed by atoms with Crippen LogP contribution in [0.5, 0.6) is 0 Å². The van der Waals surface area contributed by atoms with Crippen molar-refractivity contribution in [3.05, 3.63) is 6.20 Å². The minimum Gasteiger partial charge on any atom is -0.355 e. The van der Waals surface area contributed by atoms with Gasteiger partial charge < -0.3 is 19.3 Å². The Morgan fingerprint density at radius 1 is 0.952 bits per heavy atom. The van der Waals surface area contributed by atoms with E-state index in [0.29, 0.717) is 13.2 Å². The van der Waals surface area contributed by atoms with Gasteiger partial charge in [0.1, 0.15) is 0 Å². The molecule has 0 saturated carbocycles. The summed E-state index contributed by atoms with van der Waals surface area (Å²) in [6.45, 7) is 5.28. The first-order valence-corrected chi connectivity index (χ1v) is 7.82. The molecule has 0 unspecified atom stereocenters. The van der Waals surface area contributed by atoms with Crippen LogP contribution in [-0.2, 0) is 9.47 Å². The van der Waals surface area contributed by atoms with Gasteiger partial charge in [-0.25, -0.2) is 0 Å². The molecule has 3 saturated heterocycles. The maximum Gasteiger partial charge on any atom is 0.247 e. The molecule has 0 radical (unpaired) electrons. The Bertz CT molecular complexity index is 490. The van der Waals surface area contributed by atoms with E-state index in [0.717, 1.165) is 50.8 Å². The van der Waals surface area contributed by atoms with Crippen molar-refractivity contribution in [3.8, 4) is 0 Å². The van der Waals surface area contributed by atoms with Crippen LogP contribution in [0.1, 0.15) is 25.7 Å². The van der Waals surface area contributed by atoms with Crippen molar-refractivity contribution in [2.75, 3.05) is 49.2 Å². The van der Waals surface area contributed by atoms with Crippen molar-refractivity contribution >= 4 is 11.8 Å². The smallest absolute Gasteiger partial charge is 0.247 e. The van der Waals surface area contributed by atoms with E-state index in [1.54, 1.807) is 6.20 Å². The Kier molecular flexibility index (Phi) is 3.39. The fraction of sp³-hybridized carbons (Fsp3) is 0.786. The van der Waals surface area contributed by atoms with Crippen LogP contribution in [0.25, 0.3) is 0 Å². The second-order valence-corrected chi connectivity index (χ2v) is 5.90. The second kappa shape index (κ2) is 5.38. The van der Waals surface area contributed by atoms with Crippen LogP contribution in [0.2, 0.25) is 0 Å². The fourth-order valence-corrected chi connectivity index (χ4v) is 3.35. The monoisotopic (exact) mass is 291 g/mol. The Labute approximate surface area is 124 Å². The van der Waals surface area contributed by atoms with Crippen LogP contribution in [0.3, 0.4) is 0 Å². The van der Waals surface area contributed by atoms with Gasteiger partial charge in [-0.3, -0.25) is 0 Å². The molecule has 0 N–H and O–H groups in total. The first-order valence-electron chi connectivity index (χ1n) is 7.82. The van der Waals surface area contributed by atoms with Gasteiger partial charge in [0.05, 0.1) is 19.4 Å². The Hall–Kier alpha value is -1.47. The number of hydrogen-bond donors (Lipinski definition) is 0. The number of anilines is 2. The molecule has 1 aromatic heterocycles. The summed E-state index contributed by atoms with van der Waals surface area (Å²) >= 11 is 0. The molecule has 7 nitrogen and oxygen atoms in total. The molecule has 114 valence electrons. The molecule has 1 spiro atoms. The molecule has 3 aliphatic rings. The van der Waals surface area contributed by atoms with E-state index in [2.05, 4.69) is 20.0 Å². The normalized spacial score (nSPS) is 25.0. The van der Waals surface area contributed by atoms with Crippen LogP contribution in [0.15, 0.2) is 6.20 Å². The van der Waals surface area contributed by atoms with Gasteiger partial charge in [0.2, 0.25) is 5.95 Å². The van der Waals surface area contributed by atoms with Gasteiger partial charge in [-0.2, -0.15) is 10.1 Å². The number of nitrogens with zero attached hydrogens (tertiary/aromatic N) is 5. The SMILES string of the molecule is c1nnc(N2CCCC2)nc1N1CCC2(CC1)OCCO2. The maximum atomic E-state index is 5.77. The van der Waals surface area contributed by atoms with Gasteiger partial charge >= 0.3 is 0 Å². The zero-order valence-electron chi connectivity index (χ0n) is 12.2. The highest BCUT2D eigenvalue weighted by Gasteiger charge is 2.40. The first-order chi connectivity index (χ1) is 10.3. The molecule has 0 amide bonds. The van der Waals surface area contributed by atoms with E-state index < -0.39 is 0 Å². The largest absolute Gasteiger partial charge is 0.355 e. The van der Waals surface area contributed by atoms with Gasteiger partial charge in [0.15, 0.2) is 11.6 Å². The van der Waals surface area contributed by atoms with Gasteiger partial charge in [-0.1, -0.05) is 0 Å². The highest BCUT2D eigenvalue weighted by molar-refractivity contribution is 5.42. The molecule has 0 atom stereocenters. The second-order valence-electron chi connectivity index (χ2n) is 5.90. The minimum atomic E-state index is -0.339. The zero-order chi connectivity index (χ0) is 14.1. The molecule has 3 fully saturated rings. The van der Waals surface area contributed by atoms with Crippen molar-refractivity contribution < 1.29 is 9.47 Å². The first kappa shape index (κ1) is 13.2. The predicted molar refractivity (Wildman–Crippen MR) is 77.4 cm³/mol. The lowest BCUT2D eigenvalue weighted by atomic mass is 10.0. The standard InChI is InChI=1S/C14H21N5O2/c1-2-6-19(5-1)13-16-12(11-15-17-13)18-7-3-14(4-8-18)20-9-10-21-14/h11H,1-10H2. The van der Waals surface area contributed by atoms with Crippen molar-refractivity contribution in [2.45, 2.75) is 31.5 Å². The van der Waals surface area contributed by atoms with E-state index in [1.807, 2.05) is 0 Å². The summed E-state index contributed by atoms with van der Waals surface area (Å²) in [6.07, 6.45) is 5.96.